The van der Waals surface area contributed by atoms with Crippen LogP contribution in [0.4, 0.5) is 0 Å². The molecular formula is C34H31BO. The van der Waals surface area contributed by atoms with E-state index in [-0.39, 0.29) is 0 Å². The fraction of sp³-hybridized carbons (Fsp3) is 0.118. The van der Waals surface area contributed by atoms with E-state index in [1.165, 1.54) is 55.0 Å². The van der Waals surface area contributed by atoms with Crippen LogP contribution >= 0.6 is 0 Å². The molecule has 0 N–H and O–H groups in total. The SMILES string of the molecule is Cc1ccc(C2=C(c3ccc4ccccc4c3)[B-](c3ccccc3)(c3ccc(C)cc3)[O+](C)C2)cc1. The van der Waals surface area contributed by atoms with Crippen molar-refractivity contribution in [1.82, 2.24) is 0 Å². The largest absolute Gasteiger partial charge is 0.659 e. The Labute approximate surface area is 214 Å². The number of fused-ring (bicyclic) bond motifs is 1. The van der Waals surface area contributed by atoms with Gasteiger partial charge in [0.1, 0.15) is 6.61 Å². The number of rotatable bonds is 4. The second-order valence-corrected chi connectivity index (χ2v) is 10.3. The van der Waals surface area contributed by atoms with Gasteiger partial charge in [0.15, 0.2) is 0 Å². The Morgan fingerprint density at radius 2 is 1.11 bits per heavy atom. The summed E-state index contributed by atoms with van der Waals surface area (Å²) in [6, 6.07) is 44.8. The first-order valence-electron chi connectivity index (χ1n) is 12.8. The zero-order valence-electron chi connectivity index (χ0n) is 21.2. The predicted molar refractivity (Wildman–Crippen MR) is 156 cm³/mol. The maximum Gasteiger partial charge on any atom is 0.378 e. The molecule has 0 amide bonds. The summed E-state index contributed by atoms with van der Waals surface area (Å²) in [6.45, 7) is 5.13. The van der Waals surface area contributed by atoms with Gasteiger partial charge >= 0.3 is 6.35 Å². The van der Waals surface area contributed by atoms with Gasteiger partial charge < -0.3 is 4.28 Å². The van der Waals surface area contributed by atoms with Crippen molar-refractivity contribution < 1.29 is 4.28 Å². The van der Waals surface area contributed by atoms with E-state index < -0.39 is 6.35 Å². The Morgan fingerprint density at radius 1 is 0.556 bits per heavy atom. The fourth-order valence-electron chi connectivity index (χ4n) is 6.19. The van der Waals surface area contributed by atoms with Gasteiger partial charge in [0.25, 0.3) is 0 Å². The molecule has 1 aliphatic heterocycles. The van der Waals surface area contributed by atoms with E-state index in [1.54, 1.807) is 0 Å². The van der Waals surface area contributed by atoms with Gasteiger partial charge in [-0.3, -0.25) is 0 Å². The Hall–Kier alpha value is -3.88. The first-order valence-corrected chi connectivity index (χ1v) is 12.8. The standard InChI is InChI=1S/C34H31BO/c1-25-13-17-28(18-14-25)33-24-36(3)35(31-11-5-4-6-12-31,32-21-15-26(2)16-22-32)34(33)30-20-19-27-9-7-8-10-29(27)23-30/h4-23H,24H2,1-3H3. The molecule has 0 aromatic heterocycles. The molecule has 5 aromatic rings. The minimum atomic E-state index is -1.44. The summed E-state index contributed by atoms with van der Waals surface area (Å²) in [5.74, 6) is 0. The summed E-state index contributed by atoms with van der Waals surface area (Å²) < 4.78 is 3.66. The van der Waals surface area contributed by atoms with Crippen molar-refractivity contribution >= 4 is 39.1 Å². The number of benzene rings is 5. The summed E-state index contributed by atoms with van der Waals surface area (Å²) in [5, 5.41) is 2.54. The van der Waals surface area contributed by atoms with E-state index in [1.807, 2.05) is 0 Å². The quantitative estimate of drug-likeness (QED) is 0.201. The second-order valence-electron chi connectivity index (χ2n) is 10.3. The molecule has 176 valence electrons. The Morgan fingerprint density at radius 3 is 1.81 bits per heavy atom. The molecule has 0 radical (unpaired) electrons. The molecule has 1 nitrogen and oxygen atoms in total. The van der Waals surface area contributed by atoms with E-state index in [9.17, 15) is 0 Å². The normalized spacial score (nSPS) is 18.2. The van der Waals surface area contributed by atoms with Crippen molar-refractivity contribution in [3.05, 3.63) is 144 Å². The average molecular weight is 466 g/mol. The average Bonchev–Trinajstić information content (AvgIpc) is 3.23. The van der Waals surface area contributed by atoms with Crippen LogP contribution in [0.5, 0.6) is 0 Å². The Kier molecular flexibility index (Phi) is 5.62. The van der Waals surface area contributed by atoms with Gasteiger partial charge in [-0.05, 0) is 36.2 Å². The van der Waals surface area contributed by atoms with Crippen LogP contribution in [0.1, 0.15) is 22.3 Å². The lowest BCUT2D eigenvalue weighted by Gasteiger charge is -2.43. The van der Waals surface area contributed by atoms with Gasteiger partial charge in [0.2, 0.25) is 0 Å². The maximum atomic E-state index is 3.66. The monoisotopic (exact) mass is 466 g/mol. The molecular weight excluding hydrogens is 435 g/mol. The zero-order chi connectivity index (χ0) is 24.7. The molecule has 1 atom stereocenters. The number of aryl methyl sites for hydroxylation is 2. The third-order valence-corrected chi connectivity index (χ3v) is 7.98. The summed E-state index contributed by atoms with van der Waals surface area (Å²) >= 11 is 0. The van der Waals surface area contributed by atoms with Crippen molar-refractivity contribution in [2.24, 2.45) is 0 Å². The van der Waals surface area contributed by atoms with Crippen LogP contribution in [0, 0.1) is 13.8 Å². The first kappa shape index (κ1) is 22.6. The third kappa shape index (κ3) is 3.61. The van der Waals surface area contributed by atoms with E-state index in [2.05, 4.69) is 147 Å². The minimum Gasteiger partial charge on any atom is -0.659 e. The van der Waals surface area contributed by atoms with Crippen LogP contribution in [-0.4, -0.2) is 20.1 Å². The van der Waals surface area contributed by atoms with Crippen molar-refractivity contribution in [2.75, 3.05) is 13.7 Å². The molecule has 6 rings (SSSR count). The topological polar surface area (TPSA) is 2.70 Å². The van der Waals surface area contributed by atoms with Crippen LogP contribution in [0.2, 0.25) is 0 Å². The van der Waals surface area contributed by atoms with Gasteiger partial charge in [-0.1, -0.05) is 137 Å². The van der Waals surface area contributed by atoms with Crippen LogP contribution in [0.25, 0.3) is 21.8 Å². The summed E-state index contributed by atoms with van der Waals surface area (Å²) in [5.41, 5.74) is 10.5. The fourth-order valence-corrected chi connectivity index (χ4v) is 6.19. The molecule has 0 aliphatic carbocycles. The zero-order valence-corrected chi connectivity index (χ0v) is 21.2. The minimum absolute atomic E-state index is 0.813. The van der Waals surface area contributed by atoms with Crippen molar-refractivity contribution in [1.29, 1.82) is 0 Å². The summed E-state index contributed by atoms with van der Waals surface area (Å²) in [7, 11) is 2.22. The Balaban J connectivity index is 1.73. The molecule has 36 heavy (non-hydrogen) atoms. The van der Waals surface area contributed by atoms with E-state index in [4.69, 9.17) is 0 Å². The smallest absolute Gasteiger partial charge is 0.378 e. The van der Waals surface area contributed by atoms with E-state index >= 15 is 0 Å². The van der Waals surface area contributed by atoms with Crippen LogP contribution in [0.3, 0.4) is 0 Å². The number of hydrogen-bond donors (Lipinski definition) is 0. The lowest BCUT2D eigenvalue weighted by molar-refractivity contribution is 0.0930. The van der Waals surface area contributed by atoms with Crippen molar-refractivity contribution in [2.45, 2.75) is 13.8 Å². The second kappa shape index (κ2) is 8.97. The van der Waals surface area contributed by atoms with Crippen molar-refractivity contribution in [3.8, 4) is 0 Å². The van der Waals surface area contributed by atoms with Crippen LogP contribution in [-0.2, 0) is 4.28 Å². The summed E-state index contributed by atoms with van der Waals surface area (Å²) in [4.78, 5) is 0. The molecule has 1 aliphatic rings. The molecule has 0 fully saturated rings. The highest BCUT2D eigenvalue weighted by molar-refractivity contribution is 7.13. The van der Waals surface area contributed by atoms with Crippen LogP contribution in [0.15, 0.2) is 121 Å². The van der Waals surface area contributed by atoms with Gasteiger partial charge in [0.05, 0.1) is 7.11 Å². The predicted octanol–water partition coefficient (Wildman–Crippen LogP) is 6.86. The van der Waals surface area contributed by atoms with Gasteiger partial charge in [-0.15, -0.1) is 10.9 Å². The van der Waals surface area contributed by atoms with Crippen molar-refractivity contribution in [3.63, 3.8) is 0 Å². The van der Waals surface area contributed by atoms with Gasteiger partial charge in [-0.25, -0.2) is 0 Å². The molecule has 5 aromatic carbocycles. The van der Waals surface area contributed by atoms with E-state index in [0.717, 1.165) is 6.61 Å². The highest BCUT2D eigenvalue weighted by atomic mass is 16.6. The molecule has 0 saturated carbocycles. The molecule has 1 heterocycles. The summed E-state index contributed by atoms with van der Waals surface area (Å²) in [6.07, 6.45) is -1.44. The van der Waals surface area contributed by atoms with Gasteiger partial charge in [0, 0.05) is 5.57 Å². The lowest BCUT2D eigenvalue weighted by atomic mass is 9.27. The third-order valence-electron chi connectivity index (χ3n) is 7.98. The van der Waals surface area contributed by atoms with E-state index in [0.29, 0.717) is 0 Å². The maximum absolute atomic E-state index is 3.66. The highest BCUT2D eigenvalue weighted by Gasteiger charge is 2.51. The lowest BCUT2D eigenvalue weighted by Crippen LogP contribution is -2.64. The van der Waals surface area contributed by atoms with Crippen LogP contribution < -0.4 is 10.9 Å². The highest BCUT2D eigenvalue weighted by Crippen LogP contribution is 2.44. The van der Waals surface area contributed by atoms with Gasteiger partial charge in [-0.2, -0.15) is 0 Å². The first-order chi connectivity index (χ1) is 17.6. The number of hydrogen-bond acceptors (Lipinski definition) is 0. The molecule has 0 bridgehead atoms. The molecule has 0 saturated heterocycles. The molecule has 0 spiro atoms. The molecule has 2 heteroatoms. The Bertz CT molecular complexity index is 1570. The molecule has 1 unspecified atom stereocenters.